The fourth-order valence-electron chi connectivity index (χ4n) is 1.43. The zero-order valence-corrected chi connectivity index (χ0v) is 10.2. The van der Waals surface area contributed by atoms with Crippen molar-refractivity contribution < 1.29 is 22.8 Å². The SMILES string of the molecule is Nc1cc(-c2cc(Br)cc(C(F)(F)F)c2O)no1. The zero-order chi connectivity index (χ0) is 13.5. The maximum absolute atomic E-state index is 12.7. The lowest BCUT2D eigenvalue weighted by molar-refractivity contribution is -0.138. The summed E-state index contributed by atoms with van der Waals surface area (Å²) >= 11 is 2.94. The van der Waals surface area contributed by atoms with Crippen LogP contribution in [0.5, 0.6) is 5.75 Å². The van der Waals surface area contributed by atoms with Gasteiger partial charge >= 0.3 is 6.18 Å². The smallest absolute Gasteiger partial charge is 0.420 e. The standard InChI is InChI=1S/C10H6BrF3N2O2/c11-4-1-5(7-3-8(15)18-16-7)9(17)6(2-4)10(12,13)14/h1-3,17H,15H2. The molecule has 0 saturated carbocycles. The number of rotatable bonds is 1. The van der Waals surface area contributed by atoms with E-state index in [1.807, 2.05) is 0 Å². The Balaban J connectivity index is 2.66. The van der Waals surface area contributed by atoms with Crippen molar-refractivity contribution in [2.24, 2.45) is 0 Å². The number of benzene rings is 1. The van der Waals surface area contributed by atoms with Gasteiger partial charge in [-0.15, -0.1) is 0 Å². The van der Waals surface area contributed by atoms with Gasteiger partial charge in [-0.25, -0.2) is 0 Å². The van der Waals surface area contributed by atoms with E-state index >= 15 is 0 Å². The summed E-state index contributed by atoms with van der Waals surface area (Å²) in [5.74, 6) is -0.975. The highest BCUT2D eigenvalue weighted by Crippen LogP contribution is 2.43. The Morgan fingerprint density at radius 2 is 1.94 bits per heavy atom. The Hall–Kier alpha value is -1.70. The molecule has 18 heavy (non-hydrogen) atoms. The number of hydrogen-bond donors (Lipinski definition) is 2. The van der Waals surface area contributed by atoms with Gasteiger partial charge in [0.05, 0.1) is 5.56 Å². The summed E-state index contributed by atoms with van der Waals surface area (Å²) in [5, 5.41) is 13.1. The van der Waals surface area contributed by atoms with Gasteiger partial charge < -0.3 is 15.4 Å². The van der Waals surface area contributed by atoms with E-state index in [1.54, 1.807) is 0 Å². The second-order valence-electron chi connectivity index (χ2n) is 3.46. The lowest BCUT2D eigenvalue weighted by atomic mass is 10.1. The minimum Gasteiger partial charge on any atom is -0.507 e. The summed E-state index contributed by atoms with van der Waals surface area (Å²) in [4.78, 5) is 0. The van der Waals surface area contributed by atoms with E-state index in [9.17, 15) is 18.3 Å². The van der Waals surface area contributed by atoms with Crippen molar-refractivity contribution in [3.63, 3.8) is 0 Å². The molecule has 0 saturated heterocycles. The molecule has 1 aromatic carbocycles. The number of aromatic nitrogens is 1. The molecule has 1 aromatic heterocycles. The highest BCUT2D eigenvalue weighted by Gasteiger charge is 2.35. The molecule has 0 unspecified atom stereocenters. The van der Waals surface area contributed by atoms with Crippen molar-refractivity contribution >= 4 is 21.8 Å². The fourth-order valence-corrected chi connectivity index (χ4v) is 1.88. The number of nitrogens with two attached hydrogens (primary N) is 1. The van der Waals surface area contributed by atoms with Crippen molar-refractivity contribution in [3.8, 4) is 17.0 Å². The molecule has 3 N–H and O–H groups in total. The third-order valence-electron chi connectivity index (χ3n) is 2.18. The number of nitrogen functional groups attached to an aromatic ring is 1. The van der Waals surface area contributed by atoms with Gasteiger partial charge in [-0.1, -0.05) is 21.1 Å². The molecular formula is C10H6BrF3N2O2. The van der Waals surface area contributed by atoms with Crippen LogP contribution >= 0.6 is 15.9 Å². The van der Waals surface area contributed by atoms with Gasteiger partial charge in [0.1, 0.15) is 11.4 Å². The van der Waals surface area contributed by atoms with E-state index in [1.165, 1.54) is 12.1 Å². The molecule has 0 atom stereocenters. The largest absolute Gasteiger partial charge is 0.507 e. The average molecular weight is 323 g/mol. The Morgan fingerprint density at radius 1 is 1.28 bits per heavy atom. The van der Waals surface area contributed by atoms with Crippen LogP contribution < -0.4 is 5.73 Å². The molecule has 0 aliphatic carbocycles. The molecule has 0 bridgehead atoms. The summed E-state index contributed by atoms with van der Waals surface area (Å²) in [7, 11) is 0. The Labute approximate surface area is 107 Å². The van der Waals surface area contributed by atoms with Crippen LogP contribution in [-0.2, 0) is 6.18 Å². The summed E-state index contributed by atoms with van der Waals surface area (Å²) in [5.41, 5.74) is 4.04. The number of hydrogen-bond acceptors (Lipinski definition) is 4. The predicted octanol–water partition coefficient (Wildman–Crippen LogP) is 3.41. The molecule has 0 aliphatic heterocycles. The highest BCUT2D eigenvalue weighted by atomic mass is 79.9. The summed E-state index contributed by atoms with van der Waals surface area (Å²) in [6.45, 7) is 0. The fraction of sp³-hybridized carbons (Fsp3) is 0.100. The van der Waals surface area contributed by atoms with Crippen molar-refractivity contribution in [1.82, 2.24) is 5.16 Å². The van der Waals surface area contributed by atoms with Crippen molar-refractivity contribution in [3.05, 3.63) is 28.2 Å². The van der Waals surface area contributed by atoms with E-state index in [0.29, 0.717) is 0 Å². The lowest BCUT2D eigenvalue weighted by Gasteiger charge is -2.12. The number of aromatic hydroxyl groups is 1. The summed E-state index contributed by atoms with van der Waals surface area (Å²) in [6.07, 6.45) is -4.67. The number of phenolic OH excluding ortho intramolecular Hbond substituents is 1. The first kappa shape index (κ1) is 12.7. The topological polar surface area (TPSA) is 72.3 Å². The Kier molecular flexibility index (Phi) is 2.97. The van der Waals surface area contributed by atoms with E-state index in [-0.39, 0.29) is 21.6 Å². The van der Waals surface area contributed by atoms with Crippen LogP contribution in [-0.4, -0.2) is 10.3 Å². The third kappa shape index (κ3) is 2.28. The van der Waals surface area contributed by atoms with Crippen LogP contribution in [0.1, 0.15) is 5.56 Å². The first-order valence-corrected chi connectivity index (χ1v) is 5.40. The molecule has 96 valence electrons. The van der Waals surface area contributed by atoms with Gasteiger partial charge in [0.15, 0.2) is 0 Å². The second kappa shape index (κ2) is 4.20. The number of halogens is 4. The molecule has 0 fully saturated rings. The molecule has 2 rings (SSSR count). The number of alkyl halides is 3. The van der Waals surface area contributed by atoms with E-state index < -0.39 is 17.5 Å². The molecule has 8 heteroatoms. The maximum Gasteiger partial charge on any atom is 0.420 e. The van der Waals surface area contributed by atoms with Gasteiger partial charge in [0, 0.05) is 16.1 Å². The summed E-state index contributed by atoms with van der Waals surface area (Å²) in [6, 6.07) is 3.30. The second-order valence-corrected chi connectivity index (χ2v) is 4.38. The van der Waals surface area contributed by atoms with Gasteiger partial charge in [-0.05, 0) is 12.1 Å². The van der Waals surface area contributed by atoms with Crippen LogP contribution in [0.15, 0.2) is 27.2 Å². The number of nitrogens with zero attached hydrogens (tertiary/aromatic N) is 1. The van der Waals surface area contributed by atoms with Crippen molar-refractivity contribution in [1.29, 1.82) is 0 Å². The van der Waals surface area contributed by atoms with Gasteiger partial charge in [0.25, 0.3) is 0 Å². The molecule has 0 aliphatic rings. The minimum absolute atomic E-state index is 0.0248. The first-order valence-electron chi connectivity index (χ1n) is 4.61. The molecule has 4 nitrogen and oxygen atoms in total. The molecular weight excluding hydrogens is 317 g/mol. The highest BCUT2D eigenvalue weighted by molar-refractivity contribution is 9.10. The van der Waals surface area contributed by atoms with Crippen LogP contribution in [0.4, 0.5) is 19.1 Å². The maximum atomic E-state index is 12.7. The van der Waals surface area contributed by atoms with Crippen LogP contribution in [0.25, 0.3) is 11.3 Å². The first-order chi connectivity index (χ1) is 8.29. The van der Waals surface area contributed by atoms with Crippen LogP contribution in [0, 0.1) is 0 Å². The number of anilines is 1. The monoisotopic (exact) mass is 322 g/mol. The van der Waals surface area contributed by atoms with Crippen LogP contribution in [0.3, 0.4) is 0 Å². The quantitative estimate of drug-likeness (QED) is 0.843. The van der Waals surface area contributed by atoms with E-state index in [0.717, 1.165) is 6.07 Å². The van der Waals surface area contributed by atoms with Crippen molar-refractivity contribution in [2.75, 3.05) is 5.73 Å². The molecule has 1 heterocycles. The molecule has 0 spiro atoms. The summed E-state index contributed by atoms with van der Waals surface area (Å²) < 4.78 is 42.8. The minimum atomic E-state index is -4.67. The predicted molar refractivity (Wildman–Crippen MR) is 60.7 cm³/mol. The lowest BCUT2D eigenvalue weighted by Crippen LogP contribution is -2.06. The molecule has 0 amide bonds. The van der Waals surface area contributed by atoms with Gasteiger partial charge in [-0.3, -0.25) is 0 Å². The van der Waals surface area contributed by atoms with Crippen molar-refractivity contribution in [2.45, 2.75) is 6.18 Å². The third-order valence-corrected chi connectivity index (χ3v) is 2.64. The Bertz CT molecular complexity index is 595. The Morgan fingerprint density at radius 3 is 2.44 bits per heavy atom. The molecule has 0 radical (unpaired) electrons. The van der Waals surface area contributed by atoms with E-state index in [2.05, 4.69) is 25.6 Å². The normalized spacial score (nSPS) is 11.8. The van der Waals surface area contributed by atoms with Gasteiger partial charge in [0.2, 0.25) is 5.88 Å². The zero-order valence-electron chi connectivity index (χ0n) is 8.62. The average Bonchev–Trinajstić information content (AvgIpc) is 2.66. The molecule has 2 aromatic rings. The van der Waals surface area contributed by atoms with Crippen LogP contribution in [0.2, 0.25) is 0 Å². The van der Waals surface area contributed by atoms with Gasteiger partial charge in [-0.2, -0.15) is 13.2 Å². The van der Waals surface area contributed by atoms with E-state index in [4.69, 9.17) is 5.73 Å². The number of phenols is 1.